The van der Waals surface area contributed by atoms with E-state index in [-0.39, 0.29) is 5.91 Å². The van der Waals surface area contributed by atoms with E-state index in [2.05, 4.69) is 35.1 Å². The Morgan fingerprint density at radius 1 is 1.71 bits per heavy atom. The van der Waals surface area contributed by atoms with Gasteiger partial charge in [0.1, 0.15) is 12.4 Å². The first-order valence-corrected chi connectivity index (χ1v) is 5.64. The lowest BCUT2D eigenvalue weighted by Crippen LogP contribution is -2.39. The van der Waals surface area contributed by atoms with Crippen molar-refractivity contribution in [1.82, 2.24) is 8.10 Å². The van der Waals surface area contributed by atoms with Crippen LogP contribution in [0.3, 0.4) is 0 Å². The third kappa shape index (κ3) is 2.70. The second kappa shape index (κ2) is 5.33. The maximum absolute atomic E-state index is 11.7. The van der Waals surface area contributed by atoms with E-state index in [1.807, 2.05) is 24.0 Å². The number of amides is 1. The quantitative estimate of drug-likeness (QED) is 0.504. The molecule has 1 amide bonds. The second-order valence-corrected chi connectivity index (χ2v) is 4.19. The molecule has 1 aromatic heterocycles. The van der Waals surface area contributed by atoms with Crippen molar-refractivity contribution >= 4 is 28.8 Å². The Bertz CT molecular complexity index is 302. The van der Waals surface area contributed by atoms with E-state index in [0.29, 0.717) is 5.82 Å². The number of hydrogen-bond acceptors (Lipinski definition) is 1. The Morgan fingerprint density at radius 2 is 2.43 bits per heavy atom. The molecule has 0 saturated heterocycles. The number of halogens is 1. The molecule has 0 bridgehead atoms. The molecule has 0 aliphatic rings. The molecular formula is C9H15IN3O+. The summed E-state index contributed by atoms with van der Waals surface area (Å²) in [5.41, 5.74) is 0. The molecule has 0 unspecified atom stereocenters. The van der Waals surface area contributed by atoms with E-state index in [1.54, 1.807) is 2.78 Å². The summed E-state index contributed by atoms with van der Waals surface area (Å²) in [6.45, 7) is 2.85. The minimum absolute atomic E-state index is 0.0136. The first-order chi connectivity index (χ1) is 6.66. The van der Waals surface area contributed by atoms with Crippen molar-refractivity contribution in [3.63, 3.8) is 0 Å². The van der Waals surface area contributed by atoms with Crippen LogP contribution in [0.5, 0.6) is 0 Å². The Kier molecular flexibility index (Phi) is 4.37. The molecule has 78 valence electrons. The Labute approximate surface area is 97.8 Å². The molecule has 0 saturated carbocycles. The van der Waals surface area contributed by atoms with Crippen LogP contribution in [0, 0.1) is 0 Å². The molecule has 0 aliphatic carbocycles. The minimum Gasteiger partial charge on any atom is -0.345 e. The Balaban J connectivity index is 2.60. The van der Waals surface area contributed by atoms with Crippen LogP contribution in [-0.4, -0.2) is 15.2 Å². The molecule has 4 nitrogen and oxygen atoms in total. The number of aryl methyl sites for hydroxylation is 1. The van der Waals surface area contributed by atoms with Crippen molar-refractivity contribution in [2.75, 3.05) is 6.54 Å². The maximum atomic E-state index is 11.7. The van der Waals surface area contributed by atoms with Gasteiger partial charge in [-0.05, 0) is 6.42 Å². The van der Waals surface area contributed by atoms with Gasteiger partial charge in [0, 0.05) is 6.54 Å². The number of carbonyl (C=O) groups excluding carboxylic acids is 1. The first-order valence-electron chi connectivity index (χ1n) is 4.68. The van der Waals surface area contributed by atoms with Crippen molar-refractivity contribution in [2.45, 2.75) is 19.8 Å². The predicted molar refractivity (Wildman–Crippen MR) is 62.3 cm³/mol. The topological polar surface area (TPSA) is 37.9 Å². The zero-order chi connectivity index (χ0) is 10.6. The van der Waals surface area contributed by atoms with Gasteiger partial charge in [0.15, 0.2) is 0 Å². The van der Waals surface area contributed by atoms with Gasteiger partial charge in [-0.25, -0.2) is 4.57 Å². The molecule has 5 heteroatoms. The fourth-order valence-corrected chi connectivity index (χ4v) is 1.87. The highest BCUT2D eigenvalue weighted by Crippen LogP contribution is 1.99. The number of nitrogens with one attached hydrogen (secondary N) is 1. The lowest BCUT2D eigenvalue weighted by molar-refractivity contribution is -0.672. The first kappa shape index (κ1) is 11.5. The van der Waals surface area contributed by atoms with Crippen molar-refractivity contribution in [1.29, 1.82) is 0 Å². The zero-order valence-electron chi connectivity index (χ0n) is 8.46. The average Bonchev–Trinajstić information content (AvgIpc) is 2.46. The number of carbonyl (C=O) groups is 1. The number of hydrogen-bond donors (Lipinski definition) is 1. The number of imidazole rings is 1. The van der Waals surface area contributed by atoms with E-state index < -0.39 is 0 Å². The minimum atomic E-state index is -0.0136. The number of unbranched alkanes of at least 4 members (excludes halogenated alkanes) is 1. The molecule has 1 aromatic rings. The lowest BCUT2D eigenvalue weighted by Gasteiger charge is -2.00. The standard InChI is InChI=1S/C9H14IN3O/c1-3-4-5-11-8(14)9-12(2)6-7-13(9)10/h6-7H,3-5H2,1-2H3/p+1. The summed E-state index contributed by atoms with van der Waals surface area (Å²) in [5, 5.41) is 2.88. The van der Waals surface area contributed by atoms with Crippen molar-refractivity contribution in [2.24, 2.45) is 7.05 Å². The molecule has 1 heterocycles. The summed E-state index contributed by atoms with van der Waals surface area (Å²) in [4.78, 5) is 11.7. The van der Waals surface area contributed by atoms with Crippen LogP contribution in [0.4, 0.5) is 0 Å². The molecule has 0 fully saturated rings. The van der Waals surface area contributed by atoms with Gasteiger partial charge in [0.2, 0.25) is 22.9 Å². The highest BCUT2D eigenvalue weighted by Gasteiger charge is 2.21. The van der Waals surface area contributed by atoms with Crippen LogP contribution in [0.2, 0.25) is 0 Å². The van der Waals surface area contributed by atoms with E-state index >= 15 is 0 Å². The van der Waals surface area contributed by atoms with Crippen LogP contribution in [0.15, 0.2) is 12.4 Å². The van der Waals surface area contributed by atoms with Crippen LogP contribution in [0.25, 0.3) is 0 Å². The van der Waals surface area contributed by atoms with Crippen LogP contribution < -0.4 is 9.88 Å². The molecule has 0 aliphatic heterocycles. The summed E-state index contributed by atoms with van der Waals surface area (Å²) >= 11 is 2.09. The fraction of sp³-hybridized carbons (Fsp3) is 0.556. The van der Waals surface area contributed by atoms with E-state index in [9.17, 15) is 4.79 Å². The Hall–Kier alpha value is -0.590. The van der Waals surface area contributed by atoms with E-state index in [1.165, 1.54) is 0 Å². The SMILES string of the molecule is CCCCNC(=O)c1n(I)cc[n+]1C. The van der Waals surface area contributed by atoms with Gasteiger partial charge in [0.25, 0.3) is 0 Å². The smallest absolute Gasteiger partial charge is 0.345 e. The van der Waals surface area contributed by atoms with Gasteiger partial charge >= 0.3 is 11.7 Å². The van der Waals surface area contributed by atoms with E-state index in [0.717, 1.165) is 19.4 Å². The molecule has 1 N–H and O–H groups in total. The van der Waals surface area contributed by atoms with Gasteiger partial charge in [-0.1, -0.05) is 13.3 Å². The summed E-state index contributed by atoms with van der Waals surface area (Å²) in [7, 11) is 1.86. The highest BCUT2D eigenvalue weighted by atomic mass is 127. The fourth-order valence-electron chi connectivity index (χ4n) is 1.17. The summed E-state index contributed by atoms with van der Waals surface area (Å²) in [6, 6.07) is 0. The molecule has 0 spiro atoms. The van der Waals surface area contributed by atoms with Crippen LogP contribution in [-0.2, 0) is 7.05 Å². The van der Waals surface area contributed by atoms with Crippen molar-refractivity contribution in [3.05, 3.63) is 18.2 Å². The zero-order valence-corrected chi connectivity index (χ0v) is 10.6. The molecular weight excluding hydrogens is 293 g/mol. The number of nitrogens with zero attached hydrogens (tertiary/aromatic N) is 2. The summed E-state index contributed by atoms with van der Waals surface area (Å²) in [6.07, 6.45) is 5.84. The van der Waals surface area contributed by atoms with Gasteiger partial charge < -0.3 is 5.32 Å². The van der Waals surface area contributed by atoms with Gasteiger partial charge in [-0.3, -0.25) is 4.79 Å². The average molecular weight is 308 g/mol. The predicted octanol–water partition coefficient (Wildman–Crippen LogP) is 1.04. The lowest BCUT2D eigenvalue weighted by atomic mass is 10.3. The molecule has 0 radical (unpaired) electrons. The highest BCUT2D eigenvalue weighted by molar-refractivity contribution is 14.1. The normalized spacial score (nSPS) is 10.2. The Morgan fingerprint density at radius 3 is 2.93 bits per heavy atom. The van der Waals surface area contributed by atoms with Gasteiger partial charge in [-0.2, -0.15) is 2.78 Å². The molecule has 0 aromatic carbocycles. The van der Waals surface area contributed by atoms with Gasteiger partial charge in [0.05, 0.1) is 7.05 Å². The van der Waals surface area contributed by atoms with Crippen molar-refractivity contribution in [3.8, 4) is 0 Å². The number of rotatable bonds is 4. The number of aromatic nitrogens is 2. The van der Waals surface area contributed by atoms with Crippen LogP contribution in [0.1, 0.15) is 30.4 Å². The monoisotopic (exact) mass is 308 g/mol. The maximum Gasteiger partial charge on any atom is 0.356 e. The largest absolute Gasteiger partial charge is 0.356 e. The third-order valence-electron chi connectivity index (χ3n) is 1.98. The van der Waals surface area contributed by atoms with Crippen LogP contribution >= 0.6 is 22.9 Å². The van der Waals surface area contributed by atoms with Crippen molar-refractivity contribution < 1.29 is 9.36 Å². The second-order valence-electron chi connectivity index (χ2n) is 3.15. The summed E-state index contributed by atoms with van der Waals surface area (Å²) < 4.78 is 3.60. The molecule has 0 atom stereocenters. The molecule has 14 heavy (non-hydrogen) atoms. The third-order valence-corrected chi connectivity index (χ3v) is 2.76. The summed E-state index contributed by atoms with van der Waals surface area (Å²) in [5.74, 6) is 0.655. The van der Waals surface area contributed by atoms with Gasteiger partial charge in [-0.15, -0.1) is 0 Å². The molecule has 1 rings (SSSR count). The van der Waals surface area contributed by atoms with E-state index in [4.69, 9.17) is 0 Å².